The van der Waals surface area contributed by atoms with Crippen LogP contribution in [0.4, 0.5) is 16.8 Å². The van der Waals surface area contributed by atoms with Crippen molar-refractivity contribution in [3.63, 3.8) is 0 Å². The van der Waals surface area contributed by atoms with Crippen molar-refractivity contribution in [2.75, 3.05) is 17.7 Å². The normalized spacial score (nSPS) is 18.2. The summed E-state index contributed by atoms with van der Waals surface area (Å²) in [5, 5.41) is 24.2. The van der Waals surface area contributed by atoms with Crippen LogP contribution in [0.1, 0.15) is 31.4 Å². The van der Waals surface area contributed by atoms with Crippen LogP contribution in [-0.2, 0) is 6.61 Å². The Labute approximate surface area is 194 Å². The van der Waals surface area contributed by atoms with Gasteiger partial charge in [-0.25, -0.2) is 15.0 Å². The zero-order valence-electron chi connectivity index (χ0n) is 18.1. The summed E-state index contributed by atoms with van der Waals surface area (Å²) < 4.78 is 12.5. The van der Waals surface area contributed by atoms with E-state index in [4.69, 9.17) is 14.5 Å². The highest BCUT2D eigenvalue weighted by molar-refractivity contribution is 7.22. The van der Waals surface area contributed by atoms with E-state index in [1.807, 2.05) is 12.1 Å². The number of nitrogens with one attached hydrogen (secondary N) is 3. The van der Waals surface area contributed by atoms with Crippen molar-refractivity contribution in [2.45, 2.75) is 44.4 Å². The number of hydrogen-bond acceptors (Lipinski definition) is 10. The number of nitrogens with zero attached hydrogens (tertiary/aromatic N) is 4. The molecule has 0 radical (unpaired) electrons. The molecule has 4 aromatic rings. The number of aromatic amines is 1. The summed E-state index contributed by atoms with van der Waals surface area (Å²) in [4.78, 5) is 13.4. The molecule has 11 heteroatoms. The number of H-pyrrole nitrogens is 1. The van der Waals surface area contributed by atoms with Crippen LogP contribution in [0, 0.1) is 0 Å². The Hall–Kier alpha value is -3.44. The van der Waals surface area contributed by atoms with E-state index in [0.29, 0.717) is 17.4 Å². The average Bonchev–Trinajstić information content (AvgIpc) is 3.48. The summed E-state index contributed by atoms with van der Waals surface area (Å²) in [5.41, 5.74) is 2.28. The Morgan fingerprint density at radius 1 is 1.24 bits per heavy atom. The molecule has 0 saturated heterocycles. The lowest BCUT2D eigenvalue weighted by Crippen LogP contribution is -2.36. The third kappa shape index (κ3) is 4.99. The molecular formula is C22H25N7O3S. The zero-order chi connectivity index (χ0) is 22.6. The van der Waals surface area contributed by atoms with Crippen molar-refractivity contribution in [1.82, 2.24) is 25.1 Å². The molecule has 172 valence electrons. The largest absolute Gasteiger partial charge is 0.494 e. The van der Waals surface area contributed by atoms with E-state index in [1.54, 1.807) is 31.8 Å². The number of benzene rings is 1. The summed E-state index contributed by atoms with van der Waals surface area (Å²) in [5.74, 6) is 1.77. The lowest BCUT2D eigenvalue weighted by molar-refractivity contribution is 0.116. The highest BCUT2D eigenvalue weighted by Gasteiger charge is 2.24. The number of aromatic nitrogens is 5. The van der Waals surface area contributed by atoms with Gasteiger partial charge in [-0.15, -0.1) is 0 Å². The molecule has 1 unspecified atom stereocenters. The van der Waals surface area contributed by atoms with Gasteiger partial charge in [0.1, 0.15) is 23.6 Å². The van der Waals surface area contributed by atoms with E-state index < -0.39 is 0 Å². The van der Waals surface area contributed by atoms with Crippen LogP contribution in [0.15, 0.2) is 36.8 Å². The fourth-order valence-electron chi connectivity index (χ4n) is 3.86. The second-order valence-corrected chi connectivity index (χ2v) is 8.90. The molecule has 5 rings (SSSR count). The van der Waals surface area contributed by atoms with E-state index in [2.05, 4.69) is 30.8 Å². The maximum Gasteiger partial charge on any atom is 0.227 e. The number of methoxy groups -OCH3 is 1. The SMILES string of the molecule is COc1cc(OCc2ccnc(Nc3cn[nH]c3)n2)cc2sc(NC3CCCC[C@@H]3O)nc12. The van der Waals surface area contributed by atoms with E-state index >= 15 is 0 Å². The smallest absolute Gasteiger partial charge is 0.227 e. The predicted octanol–water partition coefficient (Wildman–Crippen LogP) is 3.86. The molecule has 2 atom stereocenters. The maximum absolute atomic E-state index is 10.3. The quantitative estimate of drug-likeness (QED) is 0.305. The number of hydrogen-bond donors (Lipinski definition) is 4. The molecule has 1 fully saturated rings. The zero-order valence-corrected chi connectivity index (χ0v) is 18.9. The Bertz CT molecular complexity index is 1210. The topological polar surface area (TPSA) is 130 Å². The lowest BCUT2D eigenvalue weighted by Gasteiger charge is -2.27. The van der Waals surface area contributed by atoms with Crippen molar-refractivity contribution in [3.05, 3.63) is 42.5 Å². The number of aliphatic hydroxyl groups excluding tert-OH is 1. The van der Waals surface area contributed by atoms with Crippen LogP contribution < -0.4 is 20.1 Å². The third-order valence-corrected chi connectivity index (χ3v) is 6.48. The molecule has 3 heterocycles. The van der Waals surface area contributed by atoms with Gasteiger partial charge in [-0.1, -0.05) is 24.2 Å². The molecule has 0 spiro atoms. The van der Waals surface area contributed by atoms with E-state index in [-0.39, 0.29) is 18.8 Å². The van der Waals surface area contributed by atoms with Crippen molar-refractivity contribution >= 4 is 38.3 Å². The van der Waals surface area contributed by atoms with Gasteiger partial charge >= 0.3 is 0 Å². The number of fused-ring (bicyclic) bond motifs is 1. The van der Waals surface area contributed by atoms with Gasteiger partial charge in [0.25, 0.3) is 0 Å². The standard InChI is InChI=1S/C22H25N7O3S/c1-31-18-8-15(32-12-13-6-7-23-21(26-13)27-14-10-24-25-11-14)9-19-20(18)29-22(33-19)28-16-4-2-3-5-17(16)30/h6-11,16-17,30H,2-5,12H2,1H3,(H,24,25)(H,28,29)(H,23,26,27)/t16?,17-/m0/s1. The van der Waals surface area contributed by atoms with Gasteiger partial charge in [0.15, 0.2) is 5.13 Å². The monoisotopic (exact) mass is 467 g/mol. The number of ether oxygens (including phenoxy) is 2. The molecular weight excluding hydrogens is 442 g/mol. The summed E-state index contributed by atoms with van der Waals surface area (Å²) in [6.45, 7) is 0.273. The minimum absolute atomic E-state index is 0.0312. The molecule has 1 aliphatic carbocycles. The van der Waals surface area contributed by atoms with Gasteiger partial charge in [-0.05, 0) is 25.0 Å². The van der Waals surface area contributed by atoms with E-state index in [1.165, 1.54) is 11.3 Å². The molecule has 4 N–H and O–H groups in total. The second kappa shape index (κ2) is 9.59. The number of aliphatic hydroxyl groups is 1. The number of thiazole rings is 1. The predicted molar refractivity (Wildman–Crippen MR) is 126 cm³/mol. The van der Waals surface area contributed by atoms with Gasteiger partial charge in [-0.2, -0.15) is 5.10 Å². The Balaban J connectivity index is 1.30. The summed E-state index contributed by atoms with van der Waals surface area (Å²) in [7, 11) is 1.62. The minimum atomic E-state index is -0.340. The maximum atomic E-state index is 10.3. The summed E-state index contributed by atoms with van der Waals surface area (Å²) >= 11 is 1.53. The van der Waals surface area contributed by atoms with E-state index in [0.717, 1.165) is 52.4 Å². The van der Waals surface area contributed by atoms with Crippen LogP contribution in [-0.4, -0.2) is 49.5 Å². The minimum Gasteiger partial charge on any atom is -0.494 e. The van der Waals surface area contributed by atoms with Crippen molar-refractivity contribution in [2.24, 2.45) is 0 Å². The average molecular weight is 468 g/mol. The Kier molecular flexibility index (Phi) is 6.22. The van der Waals surface area contributed by atoms with Gasteiger partial charge in [0.05, 0.1) is 41.5 Å². The summed E-state index contributed by atoms with van der Waals surface area (Å²) in [6, 6.07) is 5.61. The number of anilines is 3. The van der Waals surface area contributed by atoms with Crippen LogP contribution in [0.3, 0.4) is 0 Å². The fraction of sp³-hybridized carbons (Fsp3) is 0.364. The van der Waals surface area contributed by atoms with Gasteiger partial charge in [-0.3, -0.25) is 5.10 Å². The molecule has 1 aromatic carbocycles. The molecule has 1 saturated carbocycles. The molecule has 33 heavy (non-hydrogen) atoms. The fourth-order valence-corrected chi connectivity index (χ4v) is 4.83. The van der Waals surface area contributed by atoms with Crippen molar-refractivity contribution in [1.29, 1.82) is 0 Å². The van der Waals surface area contributed by atoms with Crippen LogP contribution in [0.5, 0.6) is 11.5 Å². The Morgan fingerprint density at radius 3 is 2.97 bits per heavy atom. The van der Waals surface area contributed by atoms with Gasteiger partial charge in [0.2, 0.25) is 5.95 Å². The summed E-state index contributed by atoms with van der Waals surface area (Å²) in [6.07, 6.45) is 8.67. The van der Waals surface area contributed by atoms with Crippen molar-refractivity contribution in [3.8, 4) is 11.5 Å². The molecule has 3 aromatic heterocycles. The van der Waals surface area contributed by atoms with Crippen LogP contribution in [0.2, 0.25) is 0 Å². The molecule has 1 aliphatic rings. The van der Waals surface area contributed by atoms with E-state index in [9.17, 15) is 5.11 Å². The van der Waals surface area contributed by atoms with Gasteiger partial charge < -0.3 is 25.2 Å². The first kappa shape index (κ1) is 21.4. The highest BCUT2D eigenvalue weighted by Crippen LogP contribution is 2.37. The highest BCUT2D eigenvalue weighted by atomic mass is 32.1. The van der Waals surface area contributed by atoms with Gasteiger partial charge in [0, 0.05) is 18.5 Å². The molecule has 10 nitrogen and oxygen atoms in total. The second-order valence-electron chi connectivity index (χ2n) is 7.87. The first-order valence-corrected chi connectivity index (χ1v) is 11.6. The first-order chi connectivity index (χ1) is 16.2. The molecule has 0 amide bonds. The van der Waals surface area contributed by atoms with Crippen LogP contribution in [0.25, 0.3) is 10.2 Å². The lowest BCUT2D eigenvalue weighted by atomic mass is 9.93. The first-order valence-electron chi connectivity index (χ1n) is 10.8. The Morgan fingerprint density at radius 2 is 2.15 bits per heavy atom. The van der Waals surface area contributed by atoms with Crippen molar-refractivity contribution < 1.29 is 14.6 Å². The third-order valence-electron chi connectivity index (χ3n) is 5.55. The number of rotatable bonds is 8. The molecule has 0 bridgehead atoms. The molecule has 0 aliphatic heterocycles. The van der Waals surface area contributed by atoms with Crippen LogP contribution >= 0.6 is 11.3 Å².